The first-order valence-electron chi connectivity index (χ1n) is 8.38. The second-order valence-corrected chi connectivity index (χ2v) is 6.45. The number of Topliss-reactive ketones (excluding diaryl/α,β-unsaturated/α-hetero) is 1. The zero-order chi connectivity index (χ0) is 20.4. The molecule has 146 valence electrons. The standard InChI is InChI=1S/C21H16F2O2S.CH3Cl/c22-21(23)25-19-12-13-26-20(19)18(24)14-17-9-5-4-8-16(17)11-10-15-6-2-1-3-7-15;1-2/h1-13,21H,14H2;1H3/b11-10-;. The number of hydrogen-bond acceptors (Lipinski definition) is 3. The maximum absolute atomic E-state index is 12.6. The van der Waals surface area contributed by atoms with E-state index in [0.717, 1.165) is 28.0 Å². The van der Waals surface area contributed by atoms with Crippen LogP contribution in [0.3, 0.4) is 0 Å². The summed E-state index contributed by atoms with van der Waals surface area (Å²) >= 11 is 5.75. The van der Waals surface area contributed by atoms with Crippen molar-refractivity contribution >= 4 is 40.9 Å². The van der Waals surface area contributed by atoms with Gasteiger partial charge in [-0.25, -0.2) is 0 Å². The van der Waals surface area contributed by atoms with Crippen LogP contribution in [0.5, 0.6) is 5.75 Å². The van der Waals surface area contributed by atoms with Crippen molar-refractivity contribution in [2.75, 3.05) is 6.38 Å². The number of ketones is 1. The molecule has 1 aromatic heterocycles. The summed E-state index contributed by atoms with van der Waals surface area (Å²) in [6, 6.07) is 18.8. The van der Waals surface area contributed by atoms with Gasteiger partial charge in [-0.2, -0.15) is 8.78 Å². The van der Waals surface area contributed by atoms with Gasteiger partial charge in [0.25, 0.3) is 0 Å². The Hall–Kier alpha value is -2.50. The summed E-state index contributed by atoms with van der Waals surface area (Å²) in [4.78, 5) is 12.8. The number of halogens is 3. The molecular formula is C22H19ClF2O2S. The molecule has 0 aliphatic rings. The van der Waals surface area contributed by atoms with Gasteiger partial charge < -0.3 is 4.74 Å². The van der Waals surface area contributed by atoms with E-state index < -0.39 is 6.61 Å². The van der Waals surface area contributed by atoms with Crippen molar-refractivity contribution in [3.05, 3.63) is 87.6 Å². The van der Waals surface area contributed by atoms with Crippen molar-refractivity contribution < 1.29 is 18.3 Å². The van der Waals surface area contributed by atoms with Gasteiger partial charge in [0, 0.05) is 12.8 Å². The number of thiophene rings is 1. The molecule has 0 amide bonds. The molecule has 1 heterocycles. The monoisotopic (exact) mass is 420 g/mol. The molecule has 0 unspecified atom stereocenters. The number of carbonyl (C=O) groups is 1. The van der Waals surface area contributed by atoms with Gasteiger partial charge in [0.1, 0.15) is 10.6 Å². The summed E-state index contributed by atoms with van der Waals surface area (Å²) in [7, 11) is 0. The van der Waals surface area contributed by atoms with Crippen LogP contribution >= 0.6 is 22.9 Å². The molecule has 0 radical (unpaired) electrons. The maximum Gasteiger partial charge on any atom is 0.387 e. The third kappa shape index (κ3) is 6.29. The minimum absolute atomic E-state index is 0.0627. The third-order valence-electron chi connectivity index (χ3n) is 3.76. The van der Waals surface area contributed by atoms with Gasteiger partial charge in [-0.15, -0.1) is 22.9 Å². The van der Waals surface area contributed by atoms with E-state index in [1.807, 2.05) is 66.7 Å². The molecule has 28 heavy (non-hydrogen) atoms. The first kappa shape index (κ1) is 21.8. The summed E-state index contributed by atoms with van der Waals surface area (Å²) < 4.78 is 29.3. The van der Waals surface area contributed by atoms with E-state index in [9.17, 15) is 13.6 Å². The van der Waals surface area contributed by atoms with Crippen LogP contribution in [0.4, 0.5) is 8.78 Å². The molecule has 3 aromatic rings. The molecule has 0 aliphatic heterocycles. The van der Waals surface area contributed by atoms with Gasteiger partial charge in [-0.1, -0.05) is 66.7 Å². The average Bonchev–Trinajstić information content (AvgIpc) is 3.17. The first-order chi connectivity index (χ1) is 13.6. The van der Waals surface area contributed by atoms with Crippen LogP contribution in [0.2, 0.25) is 0 Å². The van der Waals surface area contributed by atoms with Crippen LogP contribution in [-0.4, -0.2) is 18.8 Å². The van der Waals surface area contributed by atoms with Crippen molar-refractivity contribution in [3.8, 4) is 5.75 Å². The third-order valence-corrected chi connectivity index (χ3v) is 4.70. The van der Waals surface area contributed by atoms with E-state index in [-0.39, 0.29) is 22.8 Å². The quantitative estimate of drug-likeness (QED) is 0.238. The maximum atomic E-state index is 12.6. The molecule has 0 bridgehead atoms. The fraction of sp³-hybridized carbons (Fsp3) is 0.136. The Balaban J connectivity index is 0.00000136. The highest BCUT2D eigenvalue weighted by Crippen LogP contribution is 2.28. The predicted molar refractivity (Wildman–Crippen MR) is 113 cm³/mol. The van der Waals surface area contributed by atoms with Gasteiger partial charge in [0.2, 0.25) is 0 Å². The minimum atomic E-state index is -2.95. The van der Waals surface area contributed by atoms with Crippen LogP contribution in [-0.2, 0) is 6.42 Å². The molecule has 2 nitrogen and oxygen atoms in total. The highest BCUT2D eigenvalue weighted by atomic mass is 35.5. The lowest BCUT2D eigenvalue weighted by molar-refractivity contribution is -0.0498. The fourth-order valence-electron chi connectivity index (χ4n) is 2.55. The van der Waals surface area contributed by atoms with E-state index in [1.165, 1.54) is 12.4 Å². The lowest BCUT2D eigenvalue weighted by Gasteiger charge is -2.07. The van der Waals surface area contributed by atoms with E-state index in [1.54, 1.807) is 5.38 Å². The molecular weight excluding hydrogens is 402 g/mol. The second kappa shape index (κ2) is 11.4. The number of hydrogen-bond donors (Lipinski definition) is 0. The average molecular weight is 421 g/mol. The number of carbonyl (C=O) groups excluding carboxylic acids is 1. The van der Waals surface area contributed by atoms with Crippen molar-refractivity contribution in [3.63, 3.8) is 0 Å². The Labute approximate surface area is 172 Å². The van der Waals surface area contributed by atoms with Crippen LogP contribution in [0, 0.1) is 0 Å². The molecule has 0 fully saturated rings. The Bertz CT molecular complexity index is 908. The van der Waals surface area contributed by atoms with Gasteiger partial charge in [-0.05, 0) is 28.1 Å². The minimum Gasteiger partial charge on any atom is -0.433 e. The molecule has 0 aliphatic carbocycles. The van der Waals surface area contributed by atoms with Crippen LogP contribution in [0.25, 0.3) is 12.2 Å². The van der Waals surface area contributed by atoms with Crippen LogP contribution in [0.15, 0.2) is 66.0 Å². The van der Waals surface area contributed by atoms with Crippen molar-refractivity contribution in [2.24, 2.45) is 0 Å². The smallest absolute Gasteiger partial charge is 0.387 e. The molecule has 3 rings (SSSR count). The second-order valence-electron chi connectivity index (χ2n) is 5.54. The highest BCUT2D eigenvalue weighted by Gasteiger charge is 2.18. The van der Waals surface area contributed by atoms with E-state index in [0.29, 0.717) is 0 Å². The Kier molecular flexibility index (Phi) is 8.85. The highest BCUT2D eigenvalue weighted by molar-refractivity contribution is 7.12. The first-order valence-corrected chi connectivity index (χ1v) is 10.0. The van der Waals surface area contributed by atoms with Gasteiger partial charge >= 0.3 is 6.61 Å². The van der Waals surface area contributed by atoms with E-state index in [2.05, 4.69) is 16.3 Å². The molecule has 2 aromatic carbocycles. The number of ether oxygens (including phenoxy) is 1. The van der Waals surface area contributed by atoms with Gasteiger partial charge in [0.15, 0.2) is 5.78 Å². The SMILES string of the molecule is CCl.O=C(Cc1ccccc1/C=C\c1ccccc1)c1sccc1OC(F)F. The van der Waals surface area contributed by atoms with Crippen molar-refractivity contribution in [1.29, 1.82) is 0 Å². The summed E-state index contributed by atoms with van der Waals surface area (Å²) in [5.74, 6) is -0.302. The Morgan fingerprint density at radius 1 is 1.04 bits per heavy atom. The van der Waals surface area contributed by atoms with E-state index in [4.69, 9.17) is 0 Å². The number of rotatable bonds is 7. The molecule has 6 heteroatoms. The zero-order valence-corrected chi connectivity index (χ0v) is 16.7. The molecule has 0 N–H and O–H groups in total. The molecule has 0 saturated carbocycles. The van der Waals surface area contributed by atoms with Gasteiger partial charge in [0.05, 0.1) is 0 Å². The number of alkyl halides is 3. The normalized spacial score (nSPS) is 10.6. The summed E-state index contributed by atoms with van der Waals surface area (Å²) in [6.45, 7) is -2.95. The topological polar surface area (TPSA) is 26.3 Å². The largest absolute Gasteiger partial charge is 0.433 e. The lowest BCUT2D eigenvalue weighted by Crippen LogP contribution is -2.08. The van der Waals surface area contributed by atoms with Crippen LogP contribution < -0.4 is 4.74 Å². The van der Waals surface area contributed by atoms with Crippen molar-refractivity contribution in [1.82, 2.24) is 0 Å². The van der Waals surface area contributed by atoms with Gasteiger partial charge in [-0.3, -0.25) is 4.79 Å². The summed E-state index contributed by atoms with van der Waals surface area (Å²) in [5, 5.41) is 1.58. The molecule has 0 spiro atoms. The Morgan fingerprint density at radius 3 is 2.43 bits per heavy atom. The lowest BCUT2D eigenvalue weighted by atomic mass is 10.0. The predicted octanol–water partition coefficient (Wildman–Crippen LogP) is 6.80. The molecule has 0 saturated heterocycles. The molecule has 0 atom stereocenters. The number of benzene rings is 2. The van der Waals surface area contributed by atoms with E-state index >= 15 is 0 Å². The summed E-state index contributed by atoms with van der Waals surface area (Å²) in [6.07, 6.45) is 5.51. The zero-order valence-electron chi connectivity index (χ0n) is 15.1. The van der Waals surface area contributed by atoms with Crippen molar-refractivity contribution in [2.45, 2.75) is 13.0 Å². The Morgan fingerprint density at radius 2 is 1.71 bits per heavy atom. The van der Waals surface area contributed by atoms with Crippen LogP contribution in [0.1, 0.15) is 26.4 Å². The summed E-state index contributed by atoms with van der Waals surface area (Å²) in [5.41, 5.74) is 2.80. The fourth-order valence-corrected chi connectivity index (χ4v) is 3.31.